The summed E-state index contributed by atoms with van der Waals surface area (Å²) < 4.78 is 0. The summed E-state index contributed by atoms with van der Waals surface area (Å²) >= 11 is 5.84. The highest BCUT2D eigenvalue weighted by Crippen LogP contribution is 2.23. The molecule has 1 aromatic carbocycles. The number of carboxylic acids is 1. The zero-order chi connectivity index (χ0) is 11.4. The number of benzene rings is 1. The molecule has 1 aromatic rings. The summed E-state index contributed by atoms with van der Waals surface area (Å²) in [5, 5.41) is 18.8. The number of carboxylic acid groups (broad SMARTS) is 1. The van der Waals surface area contributed by atoms with E-state index in [2.05, 4.69) is 0 Å². The van der Waals surface area contributed by atoms with E-state index in [-0.39, 0.29) is 12.8 Å². The summed E-state index contributed by atoms with van der Waals surface area (Å²) in [5.41, 5.74) is 1.58. The van der Waals surface area contributed by atoms with Crippen LogP contribution in [0.25, 0.3) is 0 Å². The van der Waals surface area contributed by atoms with E-state index in [1.165, 1.54) is 0 Å². The second-order valence-electron chi connectivity index (χ2n) is 3.46. The van der Waals surface area contributed by atoms with Gasteiger partial charge in [-0.2, -0.15) is 0 Å². The zero-order valence-electron chi connectivity index (χ0n) is 8.40. The third-order valence-electron chi connectivity index (χ3n) is 2.20. The normalized spacial score (nSPS) is 12.5. The molecule has 0 amide bonds. The molecule has 0 aromatic heterocycles. The number of aliphatic hydroxyl groups is 1. The van der Waals surface area contributed by atoms with Crippen molar-refractivity contribution < 1.29 is 15.0 Å². The lowest BCUT2D eigenvalue weighted by Crippen LogP contribution is -2.02. The Hall–Kier alpha value is -1.06. The van der Waals surface area contributed by atoms with Crippen LogP contribution < -0.4 is 0 Å². The number of aliphatic hydroxyl groups excluding tert-OH is 1. The van der Waals surface area contributed by atoms with Crippen molar-refractivity contribution in [3.63, 3.8) is 0 Å². The van der Waals surface area contributed by atoms with Crippen molar-refractivity contribution in [2.75, 3.05) is 0 Å². The van der Waals surface area contributed by atoms with Gasteiger partial charge in [0.05, 0.1) is 6.10 Å². The fraction of sp³-hybridized carbons (Fsp3) is 0.364. The first kappa shape index (κ1) is 12.0. The van der Waals surface area contributed by atoms with E-state index < -0.39 is 12.1 Å². The number of aryl methyl sites for hydroxylation is 1. The molecule has 0 aliphatic heterocycles. The van der Waals surface area contributed by atoms with Crippen LogP contribution in [0, 0.1) is 6.92 Å². The third kappa shape index (κ3) is 3.53. The second kappa shape index (κ2) is 5.14. The van der Waals surface area contributed by atoms with E-state index in [9.17, 15) is 9.90 Å². The Morgan fingerprint density at radius 3 is 2.73 bits per heavy atom. The fourth-order valence-corrected chi connectivity index (χ4v) is 1.42. The molecule has 0 bridgehead atoms. The molecule has 1 rings (SSSR count). The second-order valence-corrected chi connectivity index (χ2v) is 3.86. The topological polar surface area (TPSA) is 57.5 Å². The number of halogens is 1. The average Bonchev–Trinajstić information content (AvgIpc) is 2.18. The molecule has 1 unspecified atom stereocenters. The van der Waals surface area contributed by atoms with Gasteiger partial charge < -0.3 is 10.2 Å². The Bertz CT molecular complexity index is 363. The largest absolute Gasteiger partial charge is 0.481 e. The molecule has 0 radical (unpaired) electrons. The number of carbonyl (C=O) groups is 1. The molecule has 0 saturated carbocycles. The van der Waals surface area contributed by atoms with Crippen molar-refractivity contribution >= 4 is 17.6 Å². The SMILES string of the molecule is Cc1cc(C(O)CCC(=O)O)ccc1Cl. The lowest BCUT2D eigenvalue weighted by atomic mass is 10.0. The molecule has 2 N–H and O–H groups in total. The minimum atomic E-state index is -0.903. The maximum absolute atomic E-state index is 10.3. The van der Waals surface area contributed by atoms with Crippen LogP contribution >= 0.6 is 11.6 Å². The predicted molar refractivity (Wildman–Crippen MR) is 58.0 cm³/mol. The van der Waals surface area contributed by atoms with Gasteiger partial charge >= 0.3 is 5.97 Å². The van der Waals surface area contributed by atoms with Gasteiger partial charge in [0.15, 0.2) is 0 Å². The molecule has 0 heterocycles. The molecule has 1 atom stereocenters. The highest BCUT2D eigenvalue weighted by Gasteiger charge is 2.10. The number of hydrogen-bond donors (Lipinski definition) is 2. The van der Waals surface area contributed by atoms with Crippen LogP contribution in [0.2, 0.25) is 5.02 Å². The summed E-state index contributed by atoms with van der Waals surface area (Å²) in [6.45, 7) is 1.84. The molecule has 0 aliphatic rings. The molecule has 0 saturated heterocycles. The van der Waals surface area contributed by atoms with Crippen LogP contribution in [0.4, 0.5) is 0 Å². The minimum absolute atomic E-state index is 0.0388. The van der Waals surface area contributed by atoms with Crippen molar-refractivity contribution in [1.29, 1.82) is 0 Å². The standard InChI is InChI=1S/C11H13ClO3/c1-7-6-8(2-3-9(7)12)10(13)4-5-11(14)15/h2-3,6,10,13H,4-5H2,1H3,(H,14,15). The molecule has 3 nitrogen and oxygen atoms in total. The van der Waals surface area contributed by atoms with Crippen molar-refractivity contribution in [2.24, 2.45) is 0 Å². The van der Waals surface area contributed by atoms with Gasteiger partial charge in [-0.05, 0) is 30.5 Å². The van der Waals surface area contributed by atoms with Crippen LogP contribution in [-0.4, -0.2) is 16.2 Å². The van der Waals surface area contributed by atoms with E-state index >= 15 is 0 Å². The fourth-order valence-electron chi connectivity index (χ4n) is 1.30. The average molecular weight is 229 g/mol. The molecule has 82 valence electrons. The zero-order valence-corrected chi connectivity index (χ0v) is 9.16. The Balaban J connectivity index is 2.69. The van der Waals surface area contributed by atoms with E-state index in [0.29, 0.717) is 10.6 Å². The van der Waals surface area contributed by atoms with Gasteiger partial charge in [-0.25, -0.2) is 0 Å². The molecule has 0 fully saturated rings. The third-order valence-corrected chi connectivity index (χ3v) is 2.62. The van der Waals surface area contributed by atoms with Gasteiger partial charge in [0.2, 0.25) is 0 Å². The van der Waals surface area contributed by atoms with Crippen molar-refractivity contribution in [1.82, 2.24) is 0 Å². The number of rotatable bonds is 4. The minimum Gasteiger partial charge on any atom is -0.481 e. The Morgan fingerprint density at radius 1 is 1.53 bits per heavy atom. The van der Waals surface area contributed by atoms with Crippen molar-refractivity contribution in [3.8, 4) is 0 Å². The van der Waals surface area contributed by atoms with Crippen LogP contribution in [0.15, 0.2) is 18.2 Å². The van der Waals surface area contributed by atoms with Gasteiger partial charge in [-0.3, -0.25) is 4.79 Å². The maximum atomic E-state index is 10.3. The van der Waals surface area contributed by atoms with Crippen LogP contribution in [0.1, 0.15) is 30.1 Å². The van der Waals surface area contributed by atoms with Gasteiger partial charge in [0.25, 0.3) is 0 Å². The quantitative estimate of drug-likeness (QED) is 0.833. The van der Waals surface area contributed by atoms with E-state index in [0.717, 1.165) is 5.56 Å². The van der Waals surface area contributed by atoms with Crippen molar-refractivity contribution in [3.05, 3.63) is 34.3 Å². The van der Waals surface area contributed by atoms with E-state index in [1.54, 1.807) is 18.2 Å². The van der Waals surface area contributed by atoms with E-state index in [1.807, 2.05) is 6.92 Å². The molecular formula is C11H13ClO3. The smallest absolute Gasteiger partial charge is 0.303 e. The van der Waals surface area contributed by atoms with E-state index in [4.69, 9.17) is 16.7 Å². The summed E-state index contributed by atoms with van der Waals surface area (Å²) in [6, 6.07) is 5.19. The van der Waals surface area contributed by atoms with Crippen molar-refractivity contribution in [2.45, 2.75) is 25.9 Å². The first-order valence-electron chi connectivity index (χ1n) is 4.66. The summed E-state index contributed by atoms with van der Waals surface area (Å²) in [5.74, 6) is -0.903. The van der Waals surface area contributed by atoms with Gasteiger partial charge in [-0.15, -0.1) is 0 Å². The van der Waals surface area contributed by atoms with Gasteiger partial charge in [0, 0.05) is 11.4 Å². The Labute approximate surface area is 93.3 Å². The van der Waals surface area contributed by atoms with Crippen LogP contribution in [-0.2, 0) is 4.79 Å². The van der Waals surface area contributed by atoms with Crippen LogP contribution in [0.5, 0.6) is 0 Å². The maximum Gasteiger partial charge on any atom is 0.303 e. The first-order valence-corrected chi connectivity index (χ1v) is 5.04. The Kier molecular flexibility index (Phi) is 4.12. The summed E-state index contributed by atoms with van der Waals surface area (Å²) in [6.07, 6.45) is -0.559. The number of aliphatic carboxylic acids is 1. The molecule has 4 heteroatoms. The lowest BCUT2D eigenvalue weighted by molar-refractivity contribution is -0.137. The highest BCUT2D eigenvalue weighted by molar-refractivity contribution is 6.31. The first-order chi connectivity index (χ1) is 7.00. The molecule has 0 aliphatic carbocycles. The van der Waals surface area contributed by atoms with Gasteiger partial charge in [-0.1, -0.05) is 23.7 Å². The number of hydrogen-bond acceptors (Lipinski definition) is 2. The predicted octanol–water partition coefficient (Wildman–Crippen LogP) is 2.55. The monoisotopic (exact) mass is 228 g/mol. The molecule has 15 heavy (non-hydrogen) atoms. The highest BCUT2D eigenvalue weighted by atomic mass is 35.5. The molecule has 0 spiro atoms. The lowest BCUT2D eigenvalue weighted by Gasteiger charge is -2.10. The van der Waals surface area contributed by atoms with Gasteiger partial charge in [0.1, 0.15) is 0 Å². The van der Waals surface area contributed by atoms with Crippen LogP contribution in [0.3, 0.4) is 0 Å². The molecular weight excluding hydrogens is 216 g/mol. The summed E-state index contributed by atoms with van der Waals surface area (Å²) in [4.78, 5) is 10.3. The summed E-state index contributed by atoms with van der Waals surface area (Å²) in [7, 11) is 0. The Morgan fingerprint density at radius 2 is 2.20 bits per heavy atom.